The average molecular weight is 595 g/mol. The first-order valence-electron chi connectivity index (χ1n) is 14.8. The van der Waals surface area contributed by atoms with Crippen LogP contribution in [0, 0.1) is 0 Å². The average Bonchev–Trinajstić information content (AvgIpc) is 3.05. The number of amides is 2. The SMILES string of the molecule is CCOc1cccc(CCN(CCC(=O)O)C(=O)c2ccccc2-c2ccccc2C(=O)N(CCO)Cc2ccccc2)c1. The standard InChI is InChI=1S/C36H38N2O6/c1-2-44-29-14-10-13-27(25-29)19-21-37(22-20-34(40)41)35(42)32-17-8-6-15-30(32)31-16-7-9-18-33(31)36(43)38(23-24-39)26-28-11-4-3-5-12-28/h3-18,25,39H,2,19-24,26H2,1H3,(H,40,41). The predicted octanol–water partition coefficient (Wildman–Crippen LogP) is 5.55. The molecule has 0 heterocycles. The number of nitrogens with zero attached hydrogens (tertiary/aromatic N) is 2. The Morgan fingerprint density at radius 3 is 1.89 bits per heavy atom. The van der Waals surface area contributed by atoms with E-state index in [0.29, 0.717) is 48.4 Å². The highest BCUT2D eigenvalue weighted by Crippen LogP contribution is 2.30. The van der Waals surface area contributed by atoms with Crippen LogP contribution >= 0.6 is 0 Å². The van der Waals surface area contributed by atoms with Gasteiger partial charge in [0, 0.05) is 37.3 Å². The van der Waals surface area contributed by atoms with Gasteiger partial charge in [0.25, 0.3) is 11.8 Å². The summed E-state index contributed by atoms with van der Waals surface area (Å²) < 4.78 is 5.61. The van der Waals surface area contributed by atoms with Crippen molar-refractivity contribution in [3.8, 4) is 16.9 Å². The van der Waals surface area contributed by atoms with Crippen LogP contribution in [0.25, 0.3) is 11.1 Å². The maximum absolute atomic E-state index is 14.1. The highest BCUT2D eigenvalue weighted by Gasteiger charge is 2.24. The Balaban J connectivity index is 1.65. The summed E-state index contributed by atoms with van der Waals surface area (Å²) in [5.74, 6) is -0.838. The smallest absolute Gasteiger partial charge is 0.305 e. The summed E-state index contributed by atoms with van der Waals surface area (Å²) >= 11 is 0. The van der Waals surface area contributed by atoms with Crippen LogP contribution in [0.15, 0.2) is 103 Å². The van der Waals surface area contributed by atoms with Crippen LogP contribution in [0.1, 0.15) is 45.2 Å². The van der Waals surface area contributed by atoms with Gasteiger partial charge in [-0.1, -0.05) is 78.9 Å². The highest BCUT2D eigenvalue weighted by atomic mass is 16.5. The van der Waals surface area contributed by atoms with Gasteiger partial charge in [-0.05, 0) is 59.9 Å². The van der Waals surface area contributed by atoms with Crippen molar-refractivity contribution in [3.63, 3.8) is 0 Å². The van der Waals surface area contributed by atoms with Crippen molar-refractivity contribution in [2.75, 3.05) is 32.8 Å². The molecular weight excluding hydrogens is 556 g/mol. The van der Waals surface area contributed by atoms with E-state index in [0.717, 1.165) is 16.9 Å². The number of benzene rings is 4. The molecule has 8 heteroatoms. The van der Waals surface area contributed by atoms with Gasteiger partial charge in [-0.15, -0.1) is 0 Å². The number of hydrogen-bond donors (Lipinski definition) is 2. The van der Waals surface area contributed by atoms with Crippen molar-refractivity contribution in [2.24, 2.45) is 0 Å². The Bertz CT molecular complexity index is 1560. The molecule has 0 atom stereocenters. The Hall–Kier alpha value is -4.95. The van der Waals surface area contributed by atoms with Gasteiger partial charge in [-0.2, -0.15) is 0 Å². The van der Waals surface area contributed by atoms with Crippen LogP contribution < -0.4 is 4.74 Å². The summed E-state index contributed by atoms with van der Waals surface area (Å²) in [6.07, 6.45) is 0.316. The first-order valence-corrected chi connectivity index (χ1v) is 14.8. The van der Waals surface area contributed by atoms with E-state index in [4.69, 9.17) is 4.74 Å². The molecule has 2 N–H and O–H groups in total. The lowest BCUT2D eigenvalue weighted by Crippen LogP contribution is -2.35. The lowest BCUT2D eigenvalue weighted by atomic mass is 9.93. The van der Waals surface area contributed by atoms with Crippen molar-refractivity contribution in [3.05, 3.63) is 125 Å². The third-order valence-corrected chi connectivity index (χ3v) is 7.24. The number of aliphatic hydroxyl groups is 1. The molecule has 0 bridgehead atoms. The largest absolute Gasteiger partial charge is 0.494 e. The number of carbonyl (C=O) groups is 3. The van der Waals surface area contributed by atoms with Crippen molar-refractivity contribution >= 4 is 17.8 Å². The van der Waals surface area contributed by atoms with E-state index in [1.807, 2.05) is 73.7 Å². The third-order valence-electron chi connectivity index (χ3n) is 7.24. The maximum atomic E-state index is 14.1. The second-order valence-electron chi connectivity index (χ2n) is 10.3. The molecule has 0 aliphatic carbocycles. The predicted molar refractivity (Wildman–Crippen MR) is 170 cm³/mol. The van der Waals surface area contributed by atoms with E-state index >= 15 is 0 Å². The fraction of sp³-hybridized carbons (Fsp3) is 0.250. The van der Waals surface area contributed by atoms with Crippen LogP contribution in [0.3, 0.4) is 0 Å². The molecule has 2 amide bonds. The van der Waals surface area contributed by atoms with Gasteiger partial charge in [-0.25, -0.2) is 0 Å². The van der Waals surface area contributed by atoms with Gasteiger partial charge in [0.2, 0.25) is 0 Å². The van der Waals surface area contributed by atoms with Crippen molar-refractivity contribution in [2.45, 2.75) is 26.3 Å². The van der Waals surface area contributed by atoms with Crippen LogP contribution in [0.4, 0.5) is 0 Å². The summed E-state index contributed by atoms with van der Waals surface area (Å²) in [5, 5.41) is 19.2. The van der Waals surface area contributed by atoms with Crippen molar-refractivity contribution in [1.29, 1.82) is 0 Å². The van der Waals surface area contributed by atoms with Gasteiger partial charge in [0.05, 0.1) is 19.6 Å². The Morgan fingerprint density at radius 2 is 1.27 bits per heavy atom. The van der Waals surface area contributed by atoms with Crippen LogP contribution in [-0.2, 0) is 17.8 Å². The van der Waals surface area contributed by atoms with E-state index in [1.165, 1.54) is 0 Å². The number of aliphatic hydroxyl groups excluding tert-OH is 1. The molecule has 0 aliphatic heterocycles. The molecule has 4 rings (SSSR count). The van der Waals surface area contributed by atoms with Crippen LogP contribution in [0.2, 0.25) is 0 Å². The van der Waals surface area contributed by atoms with E-state index in [2.05, 4.69) is 0 Å². The minimum Gasteiger partial charge on any atom is -0.494 e. The van der Waals surface area contributed by atoms with Crippen LogP contribution in [0.5, 0.6) is 5.75 Å². The topological polar surface area (TPSA) is 107 Å². The van der Waals surface area contributed by atoms with E-state index in [9.17, 15) is 24.6 Å². The van der Waals surface area contributed by atoms with Crippen molar-refractivity contribution in [1.82, 2.24) is 9.80 Å². The summed E-state index contributed by atoms with van der Waals surface area (Å²) in [5.41, 5.74) is 3.84. The first-order chi connectivity index (χ1) is 21.4. The minimum absolute atomic E-state index is 0.0373. The molecule has 0 unspecified atom stereocenters. The zero-order chi connectivity index (χ0) is 31.3. The Kier molecular flexibility index (Phi) is 11.7. The second kappa shape index (κ2) is 16.0. The molecule has 4 aromatic rings. The molecule has 0 aromatic heterocycles. The molecular formula is C36H38N2O6. The van der Waals surface area contributed by atoms with Gasteiger partial charge < -0.3 is 24.7 Å². The normalized spacial score (nSPS) is 10.7. The lowest BCUT2D eigenvalue weighted by molar-refractivity contribution is -0.137. The molecule has 0 aliphatic rings. The van der Waals surface area contributed by atoms with Gasteiger partial charge in [0.1, 0.15) is 5.75 Å². The fourth-order valence-electron chi connectivity index (χ4n) is 5.09. The summed E-state index contributed by atoms with van der Waals surface area (Å²) in [7, 11) is 0. The number of carboxylic acids is 1. The molecule has 44 heavy (non-hydrogen) atoms. The van der Waals surface area contributed by atoms with Crippen LogP contribution in [-0.4, -0.2) is 70.6 Å². The number of rotatable bonds is 15. The number of carbonyl (C=O) groups excluding carboxylic acids is 2. The molecule has 0 saturated heterocycles. The lowest BCUT2D eigenvalue weighted by Gasteiger charge is -2.25. The fourth-order valence-corrected chi connectivity index (χ4v) is 5.09. The zero-order valence-electron chi connectivity index (χ0n) is 24.9. The molecule has 0 saturated carbocycles. The zero-order valence-corrected chi connectivity index (χ0v) is 24.9. The van der Waals surface area contributed by atoms with Gasteiger partial charge >= 0.3 is 5.97 Å². The molecule has 0 radical (unpaired) electrons. The van der Waals surface area contributed by atoms with E-state index < -0.39 is 5.97 Å². The molecule has 4 aromatic carbocycles. The Morgan fingerprint density at radius 1 is 0.682 bits per heavy atom. The molecule has 0 fully saturated rings. The summed E-state index contributed by atoms with van der Waals surface area (Å²) in [6.45, 7) is 3.07. The third kappa shape index (κ3) is 8.55. The van der Waals surface area contributed by atoms with E-state index in [-0.39, 0.29) is 37.9 Å². The van der Waals surface area contributed by atoms with Crippen molar-refractivity contribution < 1.29 is 29.3 Å². The monoisotopic (exact) mass is 594 g/mol. The number of carboxylic acid groups (broad SMARTS) is 1. The van der Waals surface area contributed by atoms with E-state index in [1.54, 1.807) is 46.2 Å². The highest BCUT2D eigenvalue weighted by molar-refractivity contribution is 6.06. The molecule has 0 spiro atoms. The summed E-state index contributed by atoms with van der Waals surface area (Å²) in [6, 6.07) is 31.4. The number of aliphatic carboxylic acids is 1. The maximum Gasteiger partial charge on any atom is 0.305 e. The number of hydrogen-bond acceptors (Lipinski definition) is 5. The second-order valence-corrected chi connectivity index (χ2v) is 10.3. The quantitative estimate of drug-likeness (QED) is 0.187. The van der Waals surface area contributed by atoms with Gasteiger partial charge in [0.15, 0.2) is 0 Å². The van der Waals surface area contributed by atoms with Gasteiger partial charge in [-0.3, -0.25) is 14.4 Å². The first kappa shape index (κ1) is 32.0. The Labute approximate surface area is 258 Å². The summed E-state index contributed by atoms with van der Waals surface area (Å²) in [4.78, 5) is 42.6. The molecule has 8 nitrogen and oxygen atoms in total. The number of ether oxygens (including phenoxy) is 1. The minimum atomic E-state index is -0.993. The molecule has 228 valence electrons.